The number of rotatable bonds is 6. The molecule has 0 atom stereocenters. The monoisotopic (exact) mass is 451 g/mol. The van der Waals surface area contributed by atoms with Gasteiger partial charge in [-0.1, -0.05) is 30.3 Å². The summed E-state index contributed by atoms with van der Waals surface area (Å²) in [4.78, 5) is 25.6. The van der Waals surface area contributed by atoms with Crippen LogP contribution in [0.25, 0.3) is 0 Å². The first-order valence-corrected chi connectivity index (χ1v) is 11.1. The minimum atomic E-state index is -0.484. The number of nitrogens with one attached hydrogen (secondary N) is 2. The lowest BCUT2D eigenvalue weighted by Crippen LogP contribution is -2.34. The first-order chi connectivity index (χ1) is 15.0. The molecule has 4 rings (SSSR count). The van der Waals surface area contributed by atoms with Crippen LogP contribution in [0.3, 0.4) is 0 Å². The van der Waals surface area contributed by atoms with E-state index >= 15 is 0 Å². The van der Waals surface area contributed by atoms with Crippen LogP contribution in [0.15, 0.2) is 54.6 Å². The minimum Gasteiger partial charge on any atom is -0.489 e. The van der Waals surface area contributed by atoms with Gasteiger partial charge in [-0.25, -0.2) is 0 Å². The van der Waals surface area contributed by atoms with E-state index in [1.54, 1.807) is 24.3 Å². The topological polar surface area (TPSA) is 93.5 Å². The number of fused-ring (bicyclic) bond motifs is 1. The van der Waals surface area contributed by atoms with Gasteiger partial charge in [0.1, 0.15) is 17.4 Å². The van der Waals surface area contributed by atoms with Gasteiger partial charge in [-0.05, 0) is 66.9 Å². The van der Waals surface area contributed by atoms with Crippen LogP contribution in [0.5, 0.6) is 5.75 Å². The molecule has 3 aromatic rings. The molecule has 1 aromatic heterocycles. The fourth-order valence-electron chi connectivity index (χ4n) is 3.51. The van der Waals surface area contributed by atoms with E-state index in [2.05, 4.69) is 10.6 Å². The second kappa shape index (κ2) is 9.28. The molecule has 2 aromatic carbocycles. The van der Waals surface area contributed by atoms with Crippen molar-refractivity contribution >= 4 is 45.5 Å². The Bertz CT molecular complexity index is 1120. The molecule has 0 spiro atoms. The van der Waals surface area contributed by atoms with Crippen LogP contribution >= 0.6 is 23.6 Å². The molecule has 0 bridgehead atoms. The summed E-state index contributed by atoms with van der Waals surface area (Å²) in [5, 5.41) is 6.32. The lowest BCUT2D eigenvalue weighted by atomic mass is 10.1. The predicted molar refractivity (Wildman–Crippen MR) is 126 cm³/mol. The van der Waals surface area contributed by atoms with Gasteiger partial charge in [0.15, 0.2) is 5.11 Å². The molecule has 1 aliphatic rings. The summed E-state index contributed by atoms with van der Waals surface area (Å²) >= 11 is 6.74. The molecule has 0 unspecified atom stereocenters. The molecule has 0 radical (unpaired) electrons. The average molecular weight is 452 g/mol. The zero-order chi connectivity index (χ0) is 21.8. The van der Waals surface area contributed by atoms with E-state index in [4.69, 9.17) is 22.7 Å². The third-order valence-corrected chi connectivity index (χ3v) is 6.40. The average Bonchev–Trinajstić information content (AvgIpc) is 3.33. The van der Waals surface area contributed by atoms with E-state index in [1.165, 1.54) is 11.3 Å². The summed E-state index contributed by atoms with van der Waals surface area (Å²) in [5.41, 5.74) is 8.55. The van der Waals surface area contributed by atoms with Crippen LogP contribution in [-0.2, 0) is 19.4 Å². The van der Waals surface area contributed by atoms with E-state index in [1.807, 2.05) is 30.3 Å². The smallest absolute Gasteiger partial charge is 0.257 e. The maximum Gasteiger partial charge on any atom is 0.257 e. The van der Waals surface area contributed by atoms with Crippen LogP contribution in [0.2, 0.25) is 0 Å². The Morgan fingerprint density at radius 3 is 2.52 bits per heavy atom. The number of ether oxygens (including phenoxy) is 1. The molecule has 0 saturated heterocycles. The summed E-state index contributed by atoms with van der Waals surface area (Å²) < 4.78 is 5.74. The summed E-state index contributed by atoms with van der Waals surface area (Å²) in [6, 6.07) is 16.7. The Kier molecular flexibility index (Phi) is 6.29. The first kappa shape index (κ1) is 21.0. The van der Waals surface area contributed by atoms with Crippen molar-refractivity contribution in [2.75, 3.05) is 5.32 Å². The number of anilines is 1. The van der Waals surface area contributed by atoms with Gasteiger partial charge < -0.3 is 15.8 Å². The van der Waals surface area contributed by atoms with Crippen molar-refractivity contribution in [2.45, 2.75) is 25.9 Å². The molecule has 8 heteroatoms. The van der Waals surface area contributed by atoms with Crippen molar-refractivity contribution < 1.29 is 14.3 Å². The SMILES string of the molecule is NC(=O)c1c(NC(=S)NC(=O)c2ccc(OCc3ccccc3)cc2)sc2c1CCC2. The van der Waals surface area contributed by atoms with Crippen molar-refractivity contribution in [1.29, 1.82) is 0 Å². The molecule has 6 nitrogen and oxygen atoms in total. The third-order valence-electron chi connectivity index (χ3n) is 4.99. The van der Waals surface area contributed by atoms with Crippen LogP contribution in [0.1, 0.15) is 43.1 Å². The second-order valence-corrected chi connectivity index (χ2v) is 8.65. The molecule has 0 aliphatic heterocycles. The van der Waals surface area contributed by atoms with Gasteiger partial charge in [0.2, 0.25) is 0 Å². The van der Waals surface area contributed by atoms with E-state index in [0.29, 0.717) is 28.5 Å². The molecule has 1 aliphatic carbocycles. The lowest BCUT2D eigenvalue weighted by molar-refractivity contribution is 0.0975. The number of benzene rings is 2. The molecule has 1 heterocycles. The number of amides is 2. The largest absolute Gasteiger partial charge is 0.489 e. The Morgan fingerprint density at radius 1 is 1.06 bits per heavy atom. The number of aryl methyl sites for hydroxylation is 1. The molecule has 0 fully saturated rings. The summed E-state index contributed by atoms with van der Waals surface area (Å²) in [7, 11) is 0. The van der Waals surface area contributed by atoms with Gasteiger partial charge in [0.05, 0.1) is 5.56 Å². The molecule has 31 heavy (non-hydrogen) atoms. The molecule has 4 N–H and O–H groups in total. The Morgan fingerprint density at radius 2 is 1.81 bits per heavy atom. The maximum absolute atomic E-state index is 12.5. The highest BCUT2D eigenvalue weighted by atomic mass is 32.1. The Balaban J connectivity index is 1.35. The standard InChI is InChI=1S/C23H21N3O3S2/c24-20(27)19-17-7-4-8-18(17)31-22(19)26-23(30)25-21(28)15-9-11-16(12-10-15)29-13-14-5-2-1-3-6-14/h1-3,5-6,9-12H,4,7-8,13H2,(H2,24,27)(H2,25,26,28,30). The lowest BCUT2D eigenvalue weighted by Gasteiger charge is -2.11. The molecule has 2 amide bonds. The second-order valence-electron chi connectivity index (χ2n) is 7.13. The Labute approximate surface area is 189 Å². The number of thiocarbonyl (C=S) groups is 1. The molecular formula is C23H21N3O3S2. The van der Waals surface area contributed by atoms with E-state index in [0.717, 1.165) is 35.3 Å². The van der Waals surface area contributed by atoms with Crippen LogP contribution in [0, 0.1) is 0 Å². The number of thiophene rings is 1. The predicted octanol–water partition coefficient (Wildman–Crippen LogP) is 4.04. The number of carbonyl (C=O) groups excluding carboxylic acids is 2. The van der Waals surface area contributed by atoms with E-state index in [-0.39, 0.29) is 11.0 Å². The van der Waals surface area contributed by atoms with Gasteiger partial charge in [-0.2, -0.15) is 0 Å². The van der Waals surface area contributed by atoms with Gasteiger partial charge in [0.25, 0.3) is 11.8 Å². The van der Waals surface area contributed by atoms with E-state index in [9.17, 15) is 9.59 Å². The minimum absolute atomic E-state index is 0.122. The van der Waals surface area contributed by atoms with Crippen molar-refractivity contribution in [2.24, 2.45) is 5.73 Å². The van der Waals surface area contributed by atoms with E-state index < -0.39 is 5.91 Å². The van der Waals surface area contributed by atoms with Gasteiger partial charge in [0, 0.05) is 10.4 Å². The third kappa shape index (κ3) is 4.92. The van der Waals surface area contributed by atoms with Crippen molar-refractivity contribution in [1.82, 2.24) is 5.32 Å². The number of nitrogens with two attached hydrogens (primary N) is 1. The van der Waals surface area contributed by atoms with Gasteiger partial charge >= 0.3 is 0 Å². The van der Waals surface area contributed by atoms with Crippen LogP contribution in [0.4, 0.5) is 5.00 Å². The number of hydrogen-bond acceptors (Lipinski definition) is 5. The highest BCUT2D eigenvalue weighted by molar-refractivity contribution is 7.80. The summed E-state index contributed by atoms with van der Waals surface area (Å²) in [6.45, 7) is 0.452. The zero-order valence-electron chi connectivity index (χ0n) is 16.6. The molecule has 0 saturated carbocycles. The quantitative estimate of drug-likeness (QED) is 0.492. The van der Waals surface area contributed by atoms with Crippen LogP contribution < -0.4 is 21.1 Å². The number of hydrogen-bond donors (Lipinski definition) is 3. The zero-order valence-corrected chi connectivity index (χ0v) is 18.3. The highest BCUT2D eigenvalue weighted by Gasteiger charge is 2.25. The summed E-state index contributed by atoms with van der Waals surface area (Å²) in [5.74, 6) is -0.167. The fraction of sp³-hybridized carbons (Fsp3) is 0.174. The molecule has 158 valence electrons. The molecular weight excluding hydrogens is 430 g/mol. The fourth-order valence-corrected chi connectivity index (χ4v) is 5.06. The first-order valence-electron chi connectivity index (χ1n) is 9.84. The summed E-state index contributed by atoms with van der Waals surface area (Å²) in [6.07, 6.45) is 2.79. The maximum atomic E-state index is 12.5. The van der Waals surface area contributed by atoms with Gasteiger partial charge in [-0.15, -0.1) is 11.3 Å². The highest BCUT2D eigenvalue weighted by Crippen LogP contribution is 2.38. The Hall–Kier alpha value is -3.23. The van der Waals surface area contributed by atoms with Crippen molar-refractivity contribution in [3.05, 3.63) is 81.7 Å². The normalized spacial score (nSPS) is 12.1. The number of carbonyl (C=O) groups is 2. The van der Waals surface area contributed by atoms with Gasteiger partial charge in [-0.3, -0.25) is 14.9 Å². The van der Waals surface area contributed by atoms with Crippen LogP contribution in [-0.4, -0.2) is 16.9 Å². The number of primary amides is 1. The van der Waals surface area contributed by atoms with Crippen molar-refractivity contribution in [3.8, 4) is 5.75 Å². The van der Waals surface area contributed by atoms with Crippen molar-refractivity contribution in [3.63, 3.8) is 0 Å².